The second kappa shape index (κ2) is 5.68. The molecule has 3 nitrogen and oxygen atoms in total. The molecule has 0 spiro atoms. The van der Waals surface area contributed by atoms with E-state index in [2.05, 4.69) is 5.32 Å². The third-order valence-electron chi connectivity index (χ3n) is 2.24. The quantitative estimate of drug-likeness (QED) is 0.778. The molecule has 0 aliphatic heterocycles. The Hall–Kier alpha value is -1.13. The molecule has 2 N–H and O–H groups in total. The molecule has 4 heteroatoms. The number of halogens is 1. The second-order valence-corrected chi connectivity index (χ2v) is 3.29. The molecule has 0 radical (unpaired) electrons. The molecule has 0 aliphatic carbocycles. The Bertz CT molecular complexity index is 317. The van der Waals surface area contributed by atoms with Gasteiger partial charge >= 0.3 is 0 Å². The van der Waals surface area contributed by atoms with Gasteiger partial charge in [0.2, 0.25) is 0 Å². The zero-order chi connectivity index (χ0) is 11.3. The van der Waals surface area contributed by atoms with Crippen molar-refractivity contribution in [3.63, 3.8) is 0 Å². The van der Waals surface area contributed by atoms with Crippen molar-refractivity contribution in [1.82, 2.24) is 5.32 Å². The Kier molecular flexibility index (Phi) is 4.52. The molecular weight excluding hydrogens is 197 g/mol. The Morgan fingerprint density at radius 2 is 2.27 bits per heavy atom. The van der Waals surface area contributed by atoms with Crippen LogP contribution in [0, 0.1) is 5.82 Å². The number of methoxy groups -OCH3 is 1. The molecule has 0 heterocycles. The van der Waals surface area contributed by atoms with Crippen LogP contribution < -0.4 is 10.1 Å². The summed E-state index contributed by atoms with van der Waals surface area (Å²) in [5.74, 6) is 0.206. The molecule has 1 atom stereocenters. The van der Waals surface area contributed by atoms with Crippen molar-refractivity contribution in [2.24, 2.45) is 0 Å². The lowest BCUT2D eigenvalue weighted by molar-refractivity contribution is 0.285. The molecule has 0 aliphatic rings. The van der Waals surface area contributed by atoms with Gasteiger partial charge in [-0.2, -0.15) is 0 Å². The fourth-order valence-corrected chi connectivity index (χ4v) is 1.38. The highest BCUT2D eigenvalue weighted by Crippen LogP contribution is 2.21. The molecule has 0 saturated heterocycles. The predicted octanol–water partition coefficient (Wildman–Crippen LogP) is 1.48. The zero-order valence-electron chi connectivity index (χ0n) is 8.96. The minimum absolute atomic E-state index is 0.0438. The van der Waals surface area contributed by atoms with Crippen molar-refractivity contribution in [2.75, 3.05) is 20.3 Å². The molecule has 1 aromatic carbocycles. The number of aliphatic hydroxyl groups is 1. The van der Waals surface area contributed by atoms with Crippen molar-refractivity contribution in [3.05, 3.63) is 29.6 Å². The van der Waals surface area contributed by atoms with E-state index in [1.165, 1.54) is 13.2 Å². The van der Waals surface area contributed by atoms with Gasteiger partial charge in [0.15, 0.2) is 0 Å². The number of benzene rings is 1. The van der Waals surface area contributed by atoms with Crippen LogP contribution in [-0.2, 0) is 0 Å². The van der Waals surface area contributed by atoms with Gasteiger partial charge in [-0.15, -0.1) is 0 Å². The summed E-state index contributed by atoms with van der Waals surface area (Å²) in [6, 6.07) is 4.63. The summed E-state index contributed by atoms with van der Waals surface area (Å²) in [7, 11) is 1.50. The Morgan fingerprint density at radius 1 is 1.53 bits per heavy atom. The van der Waals surface area contributed by atoms with Crippen LogP contribution in [0.4, 0.5) is 4.39 Å². The Morgan fingerprint density at radius 3 is 2.80 bits per heavy atom. The molecule has 0 bridgehead atoms. The van der Waals surface area contributed by atoms with E-state index < -0.39 is 0 Å². The van der Waals surface area contributed by atoms with Gasteiger partial charge in [-0.25, -0.2) is 4.39 Å². The van der Waals surface area contributed by atoms with Crippen molar-refractivity contribution < 1.29 is 14.2 Å². The van der Waals surface area contributed by atoms with Gasteiger partial charge < -0.3 is 15.2 Å². The van der Waals surface area contributed by atoms with Crippen LogP contribution in [-0.4, -0.2) is 25.4 Å². The minimum atomic E-state index is -0.299. The average Bonchev–Trinajstić information content (AvgIpc) is 2.25. The van der Waals surface area contributed by atoms with Crippen LogP contribution in [0.1, 0.15) is 18.5 Å². The predicted molar refractivity (Wildman–Crippen MR) is 56.5 cm³/mol. The van der Waals surface area contributed by atoms with E-state index in [1.807, 2.05) is 6.92 Å². The standard InChI is InChI=1S/C11H16FNO2/c1-8(13-5-6-14)10-4-3-9(15-2)7-11(10)12/h3-4,7-8,13-14H,5-6H2,1-2H3/t8-/m0/s1. The van der Waals surface area contributed by atoms with Crippen LogP contribution >= 0.6 is 0 Å². The first-order chi connectivity index (χ1) is 7.19. The summed E-state index contributed by atoms with van der Waals surface area (Å²) < 4.78 is 18.4. The monoisotopic (exact) mass is 213 g/mol. The summed E-state index contributed by atoms with van der Waals surface area (Å²) in [6.45, 7) is 2.34. The number of rotatable bonds is 5. The van der Waals surface area contributed by atoms with E-state index in [9.17, 15) is 4.39 Å². The first-order valence-electron chi connectivity index (χ1n) is 4.86. The van der Waals surface area contributed by atoms with Gasteiger partial charge in [0, 0.05) is 24.2 Å². The van der Waals surface area contributed by atoms with Crippen LogP contribution in [0.2, 0.25) is 0 Å². The zero-order valence-corrected chi connectivity index (χ0v) is 8.96. The highest BCUT2D eigenvalue weighted by Gasteiger charge is 2.10. The maximum absolute atomic E-state index is 13.5. The fourth-order valence-electron chi connectivity index (χ4n) is 1.38. The van der Waals surface area contributed by atoms with Crippen molar-refractivity contribution in [1.29, 1.82) is 0 Å². The molecule has 15 heavy (non-hydrogen) atoms. The lowest BCUT2D eigenvalue weighted by atomic mass is 10.1. The molecule has 0 unspecified atom stereocenters. The normalized spacial score (nSPS) is 12.5. The Balaban J connectivity index is 2.76. The number of hydrogen-bond donors (Lipinski definition) is 2. The average molecular weight is 213 g/mol. The first-order valence-corrected chi connectivity index (χ1v) is 4.86. The summed E-state index contributed by atoms with van der Waals surface area (Å²) in [5.41, 5.74) is 0.573. The summed E-state index contributed by atoms with van der Waals surface area (Å²) in [6.07, 6.45) is 0. The molecule has 1 rings (SSSR count). The van der Waals surface area contributed by atoms with Gasteiger partial charge in [-0.05, 0) is 13.0 Å². The van der Waals surface area contributed by atoms with Crippen molar-refractivity contribution in [2.45, 2.75) is 13.0 Å². The number of ether oxygens (including phenoxy) is 1. The van der Waals surface area contributed by atoms with E-state index in [0.717, 1.165) is 0 Å². The highest BCUT2D eigenvalue weighted by atomic mass is 19.1. The van der Waals surface area contributed by atoms with E-state index in [0.29, 0.717) is 17.9 Å². The third-order valence-corrected chi connectivity index (χ3v) is 2.24. The molecular formula is C11H16FNO2. The fraction of sp³-hybridized carbons (Fsp3) is 0.455. The molecule has 1 aromatic rings. The number of hydrogen-bond acceptors (Lipinski definition) is 3. The van der Waals surface area contributed by atoms with E-state index in [1.54, 1.807) is 12.1 Å². The largest absolute Gasteiger partial charge is 0.497 e. The number of nitrogens with one attached hydrogen (secondary N) is 1. The SMILES string of the molecule is COc1ccc([C@H](C)NCCO)c(F)c1. The lowest BCUT2D eigenvalue weighted by Gasteiger charge is -2.14. The first kappa shape index (κ1) is 11.9. The third kappa shape index (κ3) is 3.18. The molecule has 0 amide bonds. The molecule has 0 fully saturated rings. The summed E-state index contributed by atoms with van der Waals surface area (Å²) >= 11 is 0. The minimum Gasteiger partial charge on any atom is -0.497 e. The molecule has 0 saturated carbocycles. The lowest BCUT2D eigenvalue weighted by Crippen LogP contribution is -2.22. The van der Waals surface area contributed by atoms with Gasteiger partial charge in [-0.1, -0.05) is 6.07 Å². The van der Waals surface area contributed by atoms with Crippen molar-refractivity contribution in [3.8, 4) is 5.75 Å². The topological polar surface area (TPSA) is 41.5 Å². The van der Waals surface area contributed by atoms with Gasteiger partial charge in [-0.3, -0.25) is 0 Å². The van der Waals surface area contributed by atoms with Gasteiger partial charge in [0.25, 0.3) is 0 Å². The van der Waals surface area contributed by atoms with E-state index in [4.69, 9.17) is 9.84 Å². The highest BCUT2D eigenvalue weighted by molar-refractivity contribution is 5.30. The maximum atomic E-state index is 13.5. The van der Waals surface area contributed by atoms with E-state index in [-0.39, 0.29) is 18.5 Å². The Labute approximate surface area is 88.9 Å². The molecule has 84 valence electrons. The van der Waals surface area contributed by atoms with Crippen LogP contribution in [0.25, 0.3) is 0 Å². The van der Waals surface area contributed by atoms with Crippen molar-refractivity contribution >= 4 is 0 Å². The summed E-state index contributed by atoms with van der Waals surface area (Å²) in [4.78, 5) is 0. The maximum Gasteiger partial charge on any atom is 0.131 e. The molecule has 0 aromatic heterocycles. The summed E-state index contributed by atoms with van der Waals surface area (Å²) in [5, 5.41) is 11.6. The van der Waals surface area contributed by atoms with Crippen LogP contribution in [0.3, 0.4) is 0 Å². The van der Waals surface area contributed by atoms with E-state index >= 15 is 0 Å². The second-order valence-electron chi connectivity index (χ2n) is 3.29. The number of aliphatic hydroxyl groups excluding tert-OH is 1. The van der Waals surface area contributed by atoms with Gasteiger partial charge in [0.1, 0.15) is 11.6 Å². The van der Waals surface area contributed by atoms with Gasteiger partial charge in [0.05, 0.1) is 13.7 Å². The van der Waals surface area contributed by atoms with Crippen LogP contribution in [0.15, 0.2) is 18.2 Å². The van der Waals surface area contributed by atoms with Crippen LogP contribution in [0.5, 0.6) is 5.75 Å². The smallest absolute Gasteiger partial charge is 0.131 e.